The van der Waals surface area contributed by atoms with Gasteiger partial charge in [-0.3, -0.25) is 4.99 Å². The molecular formula is C51H57N3O. The lowest BCUT2D eigenvalue weighted by molar-refractivity contribution is 0.393. The van der Waals surface area contributed by atoms with Gasteiger partial charge in [0, 0.05) is 48.1 Å². The van der Waals surface area contributed by atoms with Crippen molar-refractivity contribution in [3.05, 3.63) is 174 Å². The first-order valence-electron chi connectivity index (χ1n) is 19.8. The molecule has 1 heterocycles. The molecule has 1 aliphatic rings. The number of allylic oxidation sites excluding steroid dienone is 4. The third kappa shape index (κ3) is 8.55. The highest BCUT2D eigenvalue weighted by atomic mass is 16.3. The summed E-state index contributed by atoms with van der Waals surface area (Å²) < 4.78 is 0. The molecule has 55 heavy (non-hydrogen) atoms. The number of nitrogens with zero attached hydrogens (tertiary/aromatic N) is 2. The van der Waals surface area contributed by atoms with Crippen LogP contribution >= 0.6 is 0 Å². The highest BCUT2D eigenvalue weighted by molar-refractivity contribution is 6.10. The summed E-state index contributed by atoms with van der Waals surface area (Å²) in [6, 6.07) is 37.0. The maximum Gasteiger partial charge on any atom is 0.0922 e. The van der Waals surface area contributed by atoms with E-state index in [-0.39, 0.29) is 12.0 Å². The fourth-order valence-electron chi connectivity index (χ4n) is 7.93. The van der Waals surface area contributed by atoms with Gasteiger partial charge in [-0.1, -0.05) is 145 Å². The molecule has 1 aliphatic heterocycles. The summed E-state index contributed by atoms with van der Waals surface area (Å²) in [6.07, 6.45) is 6.57. The molecule has 0 amide bonds. The van der Waals surface area contributed by atoms with Crippen LogP contribution < -0.4 is 10.2 Å². The molecule has 2 unspecified atom stereocenters. The first kappa shape index (κ1) is 39.1. The molecule has 0 aromatic heterocycles. The number of hydrogen-bond acceptors (Lipinski definition) is 4. The van der Waals surface area contributed by atoms with Gasteiger partial charge < -0.3 is 15.3 Å². The fourth-order valence-corrected chi connectivity index (χ4v) is 7.93. The minimum atomic E-state index is -0.0446. The largest absolute Gasteiger partial charge is 0.512 e. The molecule has 0 saturated carbocycles. The van der Waals surface area contributed by atoms with E-state index in [0.717, 1.165) is 52.1 Å². The molecule has 4 nitrogen and oxygen atoms in total. The predicted molar refractivity (Wildman–Crippen MR) is 239 cm³/mol. The Morgan fingerprint density at radius 2 is 1.49 bits per heavy atom. The van der Waals surface area contributed by atoms with Crippen molar-refractivity contribution < 1.29 is 5.11 Å². The molecule has 5 aromatic rings. The fraction of sp³-hybridized carbons (Fsp3) is 0.275. The Hall–Kier alpha value is -5.61. The second kappa shape index (κ2) is 17.2. The number of anilines is 3. The SMILES string of the molecule is C=CC1=NC(CC(=C)N(C)c2ccc3ccccc3c2Nc2c(C(C)C)cc(-c3ccccc3)cc2C(C)C)C(CCC(=C)/C=C(/O)CC)c2ccccc21. The zero-order chi connectivity index (χ0) is 39.2. The number of aliphatic hydroxyl groups excluding tert-OH is 1. The molecule has 282 valence electrons. The number of fused-ring (bicyclic) bond motifs is 2. The Morgan fingerprint density at radius 3 is 2.16 bits per heavy atom. The van der Waals surface area contributed by atoms with Gasteiger partial charge in [0.25, 0.3) is 0 Å². The number of benzene rings is 5. The van der Waals surface area contributed by atoms with E-state index in [9.17, 15) is 5.11 Å². The lowest BCUT2D eigenvalue weighted by atomic mass is 9.79. The number of aliphatic imine (C=N–C) groups is 1. The van der Waals surface area contributed by atoms with Crippen molar-refractivity contribution >= 4 is 33.5 Å². The first-order valence-corrected chi connectivity index (χ1v) is 19.8. The van der Waals surface area contributed by atoms with E-state index in [1.165, 1.54) is 38.9 Å². The van der Waals surface area contributed by atoms with E-state index in [1.54, 1.807) is 0 Å². The van der Waals surface area contributed by atoms with Gasteiger partial charge in [-0.25, -0.2) is 0 Å². The van der Waals surface area contributed by atoms with E-state index in [1.807, 2.05) is 19.1 Å². The summed E-state index contributed by atoms with van der Waals surface area (Å²) in [6.45, 7) is 24.2. The molecule has 0 radical (unpaired) electrons. The lowest BCUT2D eigenvalue weighted by Crippen LogP contribution is -2.29. The van der Waals surface area contributed by atoms with Gasteiger partial charge >= 0.3 is 0 Å². The second-order valence-corrected chi connectivity index (χ2v) is 15.5. The van der Waals surface area contributed by atoms with Crippen molar-refractivity contribution in [3.63, 3.8) is 0 Å². The monoisotopic (exact) mass is 727 g/mol. The van der Waals surface area contributed by atoms with Gasteiger partial charge in [-0.15, -0.1) is 0 Å². The maximum absolute atomic E-state index is 10.2. The number of nitrogens with one attached hydrogen (secondary N) is 1. The highest BCUT2D eigenvalue weighted by Gasteiger charge is 2.31. The van der Waals surface area contributed by atoms with Crippen molar-refractivity contribution in [2.24, 2.45) is 4.99 Å². The minimum absolute atomic E-state index is 0.0446. The van der Waals surface area contributed by atoms with Crippen LogP contribution in [0.3, 0.4) is 0 Å². The maximum atomic E-state index is 10.2. The van der Waals surface area contributed by atoms with E-state index in [0.29, 0.717) is 30.4 Å². The number of hydrogen-bond donors (Lipinski definition) is 2. The Bertz CT molecular complexity index is 2230. The lowest BCUT2D eigenvalue weighted by Gasteiger charge is -2.34. The van der Waals surface area contributed by atoms with Crippen LogP contribution in [0.2, 0.25) is 0 Å². The molecule has 2 N–H and O–H groups in total. The van der Waals surface area contributed by atoms with E-state index in [2.05, 4.69) is 161 Å². The van der Waals surface area contributed by atoms with Crippen LogP contribution in [0.15, 0.2) is 157 Å². The Morgan fingerprint density at radius 1 is 0.836 bits per heavy atom. The van der Waals surface area contributed by atoms with Crippen LogP contribution in [-0.4, -0.2) is 23.9 Å². The van der Waals surface area contributed by atoms with Gasteiger partial charge in [0.15, 0.2) is 0 Å². The van der Waals surface area contributed by atoms with E-state index >= 15 is 0 Å². The first-order chi connectivity index (χ1) is 26.5. The summed E-state index contributed by atoms with van der Waals surface area (Å²) in [7, 11) is 2.13. The van der Waals surface area contributed by atoms with Crippen molar-refractivity contribution in [2.45, 2.75) is 84.1 Å². The van der Waals surface area contributed by atoms with Crippen molar-refractivity contribution in [1.29, 1.82) is 0 Å². The van der Waals surface area contributed by atoms with Gasteiger partial charge in [0.1, 0.15) is 0 Å². The molecule has 6 rings (SSSR count). The molecule has 0 fully saturated rings. The quantitative estimate of drug-likeness (QED) is 0.0834. The zero-order valence-electron chi connectivity index (χ0n) is 33.6. The summed E-state index contributed by atoms with van der Waals surface area (Å²) in [5, 5.41) is 16.6. The Labute approximate surface area is 329 Å². The van der Waals surface area contributed by atoms with Gasteiger partial charge in [-0.05, 0) is 88.2 Å². The topological polar surface area (TPSA) is 47.9 Å². The third-order valence-corrected chi connectivity index (χ3v) is 11.1. The Kier molecular flexibility index (Phi) is 12.3. The molecule has 0 saturated heterocycles. The second-order valence-electron chi connectivity index (χ2n) is 15.5. The molecule has 0 aliphatic carbocycles. The van der Waals surface area contributed by atoms with Gasteiger partial charge in [-0.2, -0.15) is 0 Å². The molecule has 5 aromatic carbocycles. The van der Waals surface area contributed by atoms with Crippen molar-refractivity contribution in [2.75, 3.05) is 17.3 Å². The van der Waals surface area contributed by atoms with E-state index in [4.69, 9.17) is 11.6 Å². The average molecular weight is 728 g/mol. The average Bonchev–Trinajstić information content (AvgIpc) is 3.19. The molecule has 0 spiro atoms. The van der Waals surface area contributed by atoms with Crippen molar-refractivity contribution in [3.8, 4) is 11.1 Å². The van der Waals surface area contributed by atoms with Crippen LogP contribution in [-0.2, 0) is 0 Å². The van der Waals surface area contributed by atoms with Gasteiger partial charge in [0.2, 0.25) is 0 Å². The molecule has 4 heteroatoms. The van der Waals surface area contributed by atoms with Crippen LogP contribution in [0.25, 0.3) is 21.9 Å². The number of rotatable bonds is 15. The van der Waals surface area contributed by atoms with Crippen molar-refractivity contribution in [1.82, 2.24) is 0 Å². The summed E-state index contributed by atoms with van der Waals surface area (Å²) in [5.74, 6) is 1.12. The Balaban J connectivity index is 1.39. The summed E-state index contributed by atoms with van der Waals surface area (Å²) in [4.78, 5) is 7.58. The smallest absolute Gasteiger partial charge is 0.0922 e. The van der Waals surface area contributed by atoms with Crippen LogP contribution in [0.4, 0.5) is 17.1 Å². The molecule has 2 atom stereocenters. The number of aliphatic hydroxyl groups is 1. The predicted octanol–water partition coefficient (Wildman–Crippen LogP) is 14.2. The highest BCUT2D eigenvalue weighted by Crippen LogP contribution is 2.44. The van der Waals surface area contributed by atoms with Crippen LogP contribution in [0.5, 0.6) is 0 Å². The molecular weight excluding hydrogens is 671 g/mol. The van der Waals surface area contributed by atoms with Crippen LogP contribution in [0, 0.1) is 0 Å². The summed E-state index contributed by atoms with van der Waals surface area (Å²) >= 11 is 0. The standard InChI is InChI=1S/C51H57N3O/c1-10-40(55)29-35(7)25-27-44-42-23-17-18-24-43(42)47(11-2)52-48(44)30-36(8)54(9)49-28-26-38-21-15-16-22-41(38)51(49)53-50-45(33(3)4)31-39(32-46(50)34(5)6)37-19-13-12-14-20-37/h11-24,26,28-29,31-34,44,48,53,55H,2,7-8,10,25,27,30H2,1,3-6,9H3/b40-29+. The summed E-state index contributed by atoms with van der Waals surface area (Å²) in [5.41, 5.74) is 13.6. The molecule has 0 bridgehead atoms. The van der Waals surface area contributed by atoms with Crippen LogP contribution in [0.1, 0.15) is 100 Å². The van der Waals surface area contributed by atoms with E-state index < -0.39 is 0 Å². The minimum Gasteiger partial charge on any atom is -0.512 e. The zero-order valence-corrected chi connectivity index (χ0v) is 33.6. The third-order valence-electron chi connectivity index (χ3n) is 11.1. The normalized spacial score (nSPS) is 15.5. The van der Waals surface area contributed by atoms with Gasteiger partial charge in [0.05, 0.1) is 28.9 Å².